The topological polar surface area (TPSA) is 155 Å². The number of phenolic OH excluding ortho intramolecular Hbond substituents is 2. The molecule has 22 heavy (non-hydrogen) atoms. The molecule has 0 aliphatic carbocycles. The Morgan fingerprint density at radius 3 is 1.86 bits per heavy atom. The van der Waals surface area contributed by atoms with Crippen LogP contribution >= 0.6 is 0 Å². The molecule has 0 unspecified atom stereocenters. The largest absolute Gasteiger partial charge is 1.00 e. The van der Waals surface area contributed by atoms with Crippen molar-refractivity contribution < 1.29 is 95.3 Å². The minimum absolute atomic E-state index is 0. The van der Waals surface area contributed by atoms with E-state index in [4.69, 9.17) is 0 Å². The van der Waals surface area contributed by atoms with Gasteiger partial charge in [0.15, 0.2) is 11.5 Å². The number of benzene rings is 2. The number of hydrogen-bond acceptors (Lipinski definition) is 8. The van der Waals surface area contributed by atoms with Gasteiger partial charge in [-0.1, -0.05) is 12.1 Å². The predicted octanol–water partition coefficient (Wildman–Crippen LogP) is -5.93. The number of phenols is 2. The minimum atomic E-state index is -5.20. The van der Waals surface area contributed by atoms with Gasteiger partial charge in [0.1, 0.15) is 25.1 Å². The molecule has 12 heteroatoms. The Morgan fingerprint density at radius 1 is 0.864 bits per heavy atom. The monoisotopic (exact) mass is 364 g/mol. The number of hydrogen-bond donors (Lipinski definition) is 2. The molecule has 0 saturated carbocycles. The summed E-state index contributed by atoms with van der Waals surface area (Å²) >= 11 is 0. The Hall–Kier alpha value is 0.120. The maximum atomic E-state index is 11.1. The van der Waals surface area contributed by atoms with Gasteiger partial charge in [0.2, 0.25) is 0 Å². The Labute approximate surface area is 170 Å². The van der Waals surface area contributed by atoms with E-state index < -0.39 is 52.3 Å². The Kier molecular flexibility index (Phi) is 7.38. The van der Waals surface area contributed by atoms with E-state index in [2.05, 4.69) is 0 Å². The first kappa shape index (κ1) is 22.1. The quantitative estimate of drug-likeness (QED) is 0.303. The summed E-state index contributed by atoms with van der Waals surface area (Å²) in [6.07, 6.45) is 0. The first-order valence-corrected chi connectivity index (χ1v) is 7.74. The molecule has 108 valence electrons. The Morgan fingerprint density at radius 2 is 1.41 bits per heavy atom. The standard InChI is InChI=1S/C10H8O8S2.2Na/c11-7-4-6-5(10(9(7)12)20(16,17)18)2-1-3-8(6)19(13,14)15;;/h1-4,11-12H,(H,13,14,15)(H,16,17,18);;/q;2*+1/p-2. The molecule has 0 saturated heterocycles. The summed E-state index contributed by atoms with van der Waals surface area (Å²) in [5.41, 5.74) is 0. The van der Waals surface area contributed by atoms with E-state index in [-0.39, 0.29) is 59.1 Å². The maximum Gasteiger partial charge on any atom is 1.00 e. The van der Waals surface area contributed by atoms with Crippen molar-refractivity contribution in [1.82, 2.24) is 0 Å². The van der Waals surface area contributed by atoms with Crippen LogP contribution in [0.3, 0.4) is 0 Å². The van der Waals surface area contributed by atoms with Crippen LogP contribution in [0, 0.1) is 0 Å². The molecule has 2 rings (SSSR count). The molecular formula is C10H6Na2O8S2. The molecule has 0 amide bonds. The Balaban J connectivity index is 0.00000220. The van der Waals surface area contributed by atoms with E-state index in [9.17, 15) is 36.2 Å². The van der Waals surface area contributed by atoms with Crippen LogP contribution in [-0.4, -0.2) is 36.2 Å². The summed E-state index contributed by atoms with van der Waals surface area (Å²) in [6, 6.07) is 3.67. The van der Waals surface area contributed by atoms with Crippen LogP contribution in [0.2, 0.25) is 0 Å². The van der Waals surface area contributed by atoms with Gasteiger partial charge in [0, 0.05) is 10.8 Å². The van der Waals surface area contributed by atoms with Crippen molar-refractivity contribution in [2.75, 3.05) is 0 Å². The van der Waals surface area contributed by atoms with E-state index in [1.807, 2.05) is 0 Å². The molecule has 0 spiro atoms. The summed E-state index contributed by atoms with van der Waals surface area (Å²) in [4.78, 5) is -1.99. The smallest absolute Gasteiger partial charge is 0.744 e. The van der Waals surface area contributed by atoms with Gasteiger partial charge >= 0.3 is 59.1 Å². The van der Waals surface area contributed by atoms with Gasteiger partial charge in [0.05, 0.1) is 4.90 Å². The number of rotatable bonds is 2. The maximum absolute atomic E-state index is 11.1. The van der Waals surface area contributed by atoms with Crippen molar-refractivity contribution in [2.24, 2.45) is 0 Å². The van der Waals surface area contributed by atoms with Gasteiger partial charge in [-0.05, 0) is 12.1 Å². The van der Waals surface area contributed by atoms with E-state index >= 15 is 0 Å². The van der Waals surface area contributed by atoms with E-state index in [0.717, 1.165) is 18.2 Å². The van der Waals surface area contributed by atoms with Gasteiger partial charge in [0.25, 0.3) is 0 Å². The average molecular weight is 364 g/mol. The van der Waals surface area contributed by atoms with Crippen molar-refractivity contribution in [3.05, 3.63) is 24.3 Å². The summed E-state index contributed by atoms with van der Waals surface area (Å²) in [7, 11) is -10.2. The van der Waals surface area contributed by atoms with Crippen LogP contribution in [0.1, 0.15) is 0 Å². The van der Waals surface area contributed by atoms with Crippen LogP contribution in [0.15, 0.2) is 34.1 Å². The van der Waals surface area contributed by atoms with Gasteiger partial charge in [-0.25, -0.2) is 16.8 Å². The third-order valence-electron chi connectivity index (χ3n) is 2.57. The van der Waals surface area contributed by atoms with Gasteiger partial charge in [-0.15, -0.1) is 0 Å². The van der Waals surface area contributed by atoms with Gasteiger partial charge in [-0.3, -0.25) is 0 Å². The zero-order chi connectivity index (χ0) is 15.3. The molecular weight excluding hydrogens is 358 g/mol. The second-order valence-corrected chi connectivity index (χ2v) is 6.50. The van der Waals surface area contributed by atoms with E-state index in [0.29, 0.717) is 6.07 Å². The first-order chi connectivity index (χ1) is 9.03. The van der Waals surface area contributed by atoms with Gasteiger partial charge < -0.3 is 19.3 Å². The normalized spacial score (nSPS) is 11.5. The fraction of sp³-hybridized carbons (Fsp3) is 0. The molecule has 0 heterocycles. The van der Waals surface area contributed by atoms with E-state index in [1.54, 1.807) is 0 Å². The summed E-state index contributed by atoms with van der Waals surface area (Å²) in [5.74, 6) is -2.23. The van der Waals surface area contributed by atoms with Crippen LogP contribution in [-0.2, 0) is 20.2 Å². The van der Waals surface area contributed by atoms with E-state index in [1.165, 1.54) is 0 Å². The van der Waals surface area contributed by atoms with Crippen LogP contribution in [0.25, 0.3) is 10.8 Å². The molecule has 0 aliphatic heterocycles. The molecule has 0 bridgehead atoms. The third kappa shape index (κ3) is 4.15. The summed E-state index contributed by atoms with van der Waals surface area (Å²) < 4.78 is 66.6. The molecule has 2 N–H and O–H groups in total. The van der Waals surface area contributed by atoms with Crippen molar-refractivity contribution in [1.29, 1.82) is 0 Å². The second-order valence-electron chi connectivity index (χ2n) is 3.83. The third-order valence-corrected chi connectivity index (χ3v) is 4.38. The molecule has 0 aliphatic rings. The fourth-order valence-electron chi connectivity index (χ4n) is 1.81. The summed E-state index contributed by atoms with van der Waals surface area (Å²) in [6.45, 7) is 0. The molecule has 0 fully saturated rings. The average Bonchev–Trinajstić information content (AvgIpc) is 2.26. The molecule has 2 aromatic carbocycles. The number of fused-ring (bicyclic) bond motifs is 1. The first-order valence-electron chi connectivity index (χ1n) is 4.93. The van der Waals surface area contributed by atoms with Gasteiger partial charge in [-0.2, -0.15) is 0 Å². The SMILES string of the molecule is O=S(=O)([O-])c1cccc2c(S(=O)(=O)[O-])c(O)c(O)cc12.[Na+].[Na+]. The summed E-state index contributed by atoms with van der Waals surface area (Å²) in [5, 5.41) is 17.9. The molecule has 2 aromatic rings. The molecule has 8 nitrogen and oxygen atoms in total. The zero-order valence-electron chi connectivity index (χ0n) is 11.5. The van der Waals surface area contributed by atoms with Crippen molar-refractivity contribution >= 4 is 31.0 Å². The number of aromatic hydroxyl groups is 2. The molecule has 0 aromatic heterocycles. The zero-order valence-corrected chi connectivity index (χ0v) is 17.1. The second kappa shape index (κ2) is 7.34. The van der Waals surface area contributed by atoms with Crippen LogP contribution in [0.4, 0.5) is 0 Å². The van der Waals surface area contributed by atoms with Crippen molar-refractivity contribution in [3.8, 4) is 11.5 Å². The minimum Gasteiger partial charge on any atom is -0.744 e. The van der Waals surface area contributed by atoms with Crippen molar-refractivity contribution in [2.45, 2.75) is 9.79 Å². The van der Waals surface area contributed by atoms with Crippen molar-refractivity contribution in [3.63, 3.8) is 0 Å². The Bertz CT molecular complexity index is 922. The molecule has 0 radical (unpaired) electrons. The fourth-order valence-corrected chi connectivity index (χ4v) is 3.28. The molecule has 0 atom stereocenters. The van der Waals surface area contributed by atoms with Crippen LogP contribution in [0.5, 0.6) is 11.5 Å². The predicted molar refractivity (Wildman–Crippen MR) is 63.2 cm³/mol. The van der Waals surface area contributed by atoms with Crippen LogP contribution < -0.4 is 59.1 Å².